The third-order valence-corrected chi connectivity index (χ3v) is 1.18. The van der Waals surface area contributed by atoms with Crippen molar-refractivity contribution in [2.24, 2.45) is 0 Å². The molecule has 1 aromatic rings. The molecular weight excluding hydrogens is 213 g/mol. The second kappa shape index (κ2) is 15.3. The molecule has 0 aromatic heterocycles. The maximum Gasteiger partial charge on any atom is 0 e. The molecule has 11 heavy (non-hydrogen) atoms. The fraction of sp³-hybridized carbons (Fsp3) is 0. The Morgan fingerprint density at radius 2 is 1.18 bits per heavy atom. The van der Waals surface area contributed by atoms with Crippen LogP contribution in [0.2, 0.25) is 0 Å². The van der Waals surface area contributed by atoms with Crippen LogP contribution in [0.5, 0.6) is 0 Å². The standard InChI is InChI=1S/C6H7P.2K.2H2O/c7-6-4-2-1-3-5-6;;;;/h1-5H,7H2;;;2*1H2. The first-order valence-corrected chi connectivity index (χ1v) is 2.78. The van der Waals surface area contributed by atoms with Gasteiger partial charge in [0.05, 0.1) is 0 Å². The van der Waals surface area contributed by atoms with E-state index >= 15 is 0 Å². The topological polar surface area (TPSA) is 63.0 Å². The Hall–Kier alpha value is 2.84. The van der Waals surface area contributed by atoms with Gasteiger partial charge in [0.25, 0.3) is 0 Å². The largest absolute Gasteiger partial charge is 0.412 e. The molecule has 4 N–H and O–H groups in total. The Morgan fingerprint density at radius 3 is 1.36 bits per heavy atom. The first-order chi connectivity index (χ1) is 3.39. The molecule has 0 aliphatic heterocycles. The van der Waals surface area contributed by atoms with Crippen LogP contribution in [0, 0.1) is 0 Å². The van der Waals surface area contributed by atoms with Crippen molar-refractivity contribution < 1.29 is 11.0 Å². The van der Waals surface area contributed by atoms with Gasteiger partial charge in [0.1, 0.15) is 0 Å². The van der Waals surface area contributed by atoms with E-state index in [1.54, 1.807) is 0 Å². The van der Waals surface area contributed by atoms with Crippen molar-refractivity contribution in [3.63, 3.8) is 0 Å². The Morgan fingerprint density at radius 1 is 0.818 bits per heavy atom. The van der Waals surface area contributed by atoms with Gasteiger partial charge in [-0.1, -0.05) is 30.3 Å². The van der Waals surface area contributed by atoms with E-state index in [0.29, 0.717) is 0 Å². The van der Waals surface area contributed by atoms with Crippen LogP contribution in [0.25, 0.3) is 0 Å². The van der Waals surface area contributed by atoms with E-state index in [9.17, 15) is 0 Å². The molecule has 2 nitrogen and oxygen atoms in total. The molecule has 54 valence electrons. The van der Waals surface area contributed by atoms with Crippen molar-refractivity contribution in [3.8, 4) is 0 Å². The fourth-order valence-electron chi connectivity index (χ4n) is 0.453. The third-order valence-electron chi connectivity index (χ3n) is 0.800. The normalized spacial score (nSPS) is 5.55. The van der Waals surface area contributed by atoms with E-state index < -0.39 is 0 Å². The van der Waals surface area contributed by atoms with Crippen molar-refractivity contribution in [2.45, 2.75) is 0 Å². The molecule has 0 spiro atoms. The van der Waals surface area contributed by atoms with Gasteiger partial charge >= 0.3 is 0 Å². The van der Waals surface area contributed by atoms with E-state index in [4.69, 9.17) is 0 Å². The number of hydrogen-bond donors (Lipinski definition) is 0. The Kier molecular flexibility index (Phi) is 32.8. The number of hydrogen-bond acceptors (Lipinski definition) is 0. The average molecular weight is 224 g/mol. The summed E-state index contributed by atoms with van der Waals surface area (Å²) in [7, 11) is 2.63. The van der Waals surface area contributed by atoms with E-state index in [-0.39, 0.29) is 114 Å². The van der Waals surface area contributed by atoms with Crippen LogP contribution in [0.4, 0.5) is 0 Å². The van der Waals surface area contributed by atoms with Crippen LogP contribution in [-0.2, 0) is 0 Å². The van der Waals surface area contributed by atoms with E-state index in [1.807, 2.05) is 30.3 Å². The SMILES string of the molecule is O.O.Pc1ccccc1.[K].[K]. The van der Waals surface area contributed by atoms with E-state index in [1.165, 1.54) is 5.30 Å². The average Bonchev–Trinajstić information content (AvgIpc) is 1.69. The smallest absolute Gasteiger partial charge is 0 e. The third kappa shape index (κ3) is 12.8. The van der Waals surface area contributed by atoms with Gasteiger partial charge in [-0.25, -0.2) is 0 Å². The van der Waals surface area contributed by atoms with Crippen LogP contribution >= 0.6 is 9.24 Å². The molecular formula is C6H11K2O2P. The Bertz CT molecular complexity index is 149. The second-order valence-electron chi connectivity index (χ2n) is 1.41. The molecule has 0 aliphatic carbocycles. The Labute approximate surface area is 155 Å². The van der Waals surface area contributed by atoms with Crippen LogP contribution in [0.1, 0.15) is 0 Å². The minimum atomic E-state index is 0. The molecule has 0 saturated carbocycles. The first kappa shape index (κ1) is 23.6. The zero-order valence-corrected chi connectivity index (χ0v) is 14.4. The van der Waals surface area contributed by atoms with Crippen LogP contribution in [0.3, 0.4) is 0 Å². The van der Waals surface area contributed by atoms with Crippen molar-refractivity contribution in [2.75, 3.05) is 0 Å². The van der Waals surface area contributed by atoms with Gasteiger partial charge in [0, 0.05) is 103 Å². The summed E-state index contributed by atoms with van der Waals surface area (Å²) in [6.45, 7) is 0. The van der Waals surface area contributed by atoms with Gasteiger partial charge in [-0.2, -0.15) is 0 Å². The molecule has 1 aromatic carbocycles. The first-order valence-electron chi connectivity index (χ1n) is 2.20. The molecule has 0 heterocycles. The summed E-state index contributed by atoms with van der Waals surface area (Å²) in [6.07, 6.45) is 0. The summed E-state index contributed by atoms with van der Waals surface area (Å²) in [6, 6.07) is 10.1. The molecule has 1 rings (SSSR count). The van der Waals surface area contributed by atoms with E-state index in [0.717, 1.165) is 0 Å². The predicted octanol–water partition coefficient (Wildman–Crippen LogP) is -1.22. The molecule has 0 amide bonds. The molecule has 0 bridgehead atoms. The van der Waals surface area contributed by atoms with Crippen LogP contribution < -0.4 is 5.30 Å². The minimum Gasteiger partial charge on any atom is -0.412 e. The number of rotatable bonds is 0. The summed E-state index contributed by atoms with van der Waals surface area (Å²) < 4.78 is 0. The zero-order chi connectivity index (χ0) is 5.11. The maximum absolute atomic E-state index is 2.63. The van der Waals surface area contributed by atoms with Gasteiger partial charge in [0.15, 0.2) is 0 Å². The number of benzene rings is 1. The molecule has 1 unspecified atom stereocenters. The second-order valence-corrected chi connectivity index (χ2v) is 2.08. The summed E-state index contributed by atoms with van der Waals surface area (Å²) in [4.78, 5) is 0. The maximum atomic E-state index is 2.63. The minimum absolute atomic E-state index is 0. The zero-order valence-electron chi connectivity index (χ0n) is 6.96. The molecule has 0 saturated heterocycles. The van der Waals surface area contributed by atoms with Gasteiger partial charge in [-0.05, 0) is 5.30 Å². The van der Waals surface area contributed by atoms with Crippen molar-refractivity contribution >= 4 is 117 Å². The van der Waals surface area contributed by atoms with Crippen LogP contribution in [-0.4, -0.2) is 114 Å². The summed E-state index contributed by atoms with van der Waals surface area (Å²) in [5, 5.41) is 1.24. The quantitative estimate of drug-likeness (QED) is 0.391. The van der Waals surface area contributed by atoms with Crippen molar-refractivity contribution in [1.29, 1.82) is 0 Å². The summed E-state index contributed by atoms with van der Waals surface area (Å²) >= 11 is 0. The van der Waals surface area contributed by atoms with Gasteiger partial charge in [-0.3, -0.25) is 0 Å². The Balaban J connectivity index is -0.0000000612. The van der Waals surface area contributed by atoms with Gasteiger partial charge in [-0.15, -0.1) is 9.24 Å². The van der Waals surface area contributed by atoms with Gasteiger partial charge < -0.3 is 11.0 Å². The van der Waals surface area contributed by atoms with Crippen molar-refractivity contribution in [3.05, 3.63) is 30.3 Å². The monoisotopic (exact) mass is 224 g/mol. The van der Waals surface area contributed by atoms with Gasteiger partial charge in [0.2, 0.25) is 0 Å². The predicted molar refractivity (Wildman–Crippen MR) is 54.5 cm³/mol. The summed E-state index contributed by atoms with van der Waals surface area (Å²) in [5.41, 5.74) is 0. The van der Waals surface area contributed by atoms with Crippen molar-refractivity contribution in [1.82, 2.24) is 0 Å². The molecule has 2 radical (unpaired) electrons. The van der Waals surface area contributed by atoms with Crippen LogP contribution in [0.15, 0.2) is 30.3 Å². The molecule has 1 atom stereocenters. The molecule has 0 fully saturated rings. The molecule has 5 heteroatoms. The molecule has 0 aliphatic rings. The van der Waals surface area contributed by atoms with E-state index in [2.05, 4.69) is 9.24 Å². The summed E-state index contributed by atoms with van der Waals surface area (Å²) in [5.74, 6) is 0. The fourth-order valence-corrected chi connectivity index (χ4v) is 0.675.